The number of sulfone groups is 1. The van der Waals surface area contributed by atoms with Crippen molar-refractivity contribution in [3.63, 3.8) is 0 Å². The van der Waals surface area contributed by atoms with Crippen molar-refractivity contribution >= 4 is 44.8 Å². The number of thioether (sulfide) groups is 1. The summed E-state index contributed by atoms with van der Waals surface area (Å²) in [5.74, 6) is -0.641. The summed E-state index contributed by atoms with van der Waals surface area (Å²) < 4.78 is 25.6. The molecule has 0 bridgehead atoms. The van der Waals surface area contributed by atoms with E-state index in [1.165, 1.54) is 17.8 Å². The number of anilines is 2. The standard InChI is InChI=1S/C21H24N2O4S2/c1-3-18-21(25)22-17-14-16(10-11-19(17)28-18)29(26,27)13-12-20(24)23(4-2)15-8-6-5-7-9-15/h5-11,14,18H,3-4,12-13H2,1-2H3,(H,22,25). The van der Waals surface area contributed by atoms with Crippen LogP contribution in [0.5, 0.6) is 0 Å². The Hall–Kier alpha value is -2.32. The highest BCUT2D eigenvalue weighted by Gasteiger charge is 2.27. The van der Waals surface area contributed by atoms with Crippen LogP contribution in [0.1, 0.15) is 26.7 Å². The zero-order valence-electron chi connectivity index (χ0n) is 16.4. The summed E-state index contributed by atoms with van der Waals surface area (Å²) in [7, 11) is -3.66. The molecule has 1 aliphatic rings. The smallest absolute Gasteiger partial charge is 0.237 e. The third-order valence-corrected chi connectivity index (χ3v) is 7.93. The summed E-state index contributed by atoms with van der Waals surface area (Å²) >= 11 is 1.44. The lowest BCUT2D eigenvalue weighted by molar-refractivity contribution is -0.118. The Labute approximate surface area is 175 Å². The van der Waals surface area contributed by atoms with Crippen LogP contribution >= 0.6 is 11.8 Å². The molecule has 0 radical (unpaired) electrons. The van der Waals surface area contributed by atoms with Crippen molar-refractivity contribution in [3.8, 4) is 0 Å². The lowest BCUT2D eigenvalue weighted by atomic mass is 10.2. The molecule has 6 nitrogen and oxygen atoms in total. The normalized spacial score (nSPS) is 16.1. The molecular weight excluding hydrogens is 408 g/mol. The number of hydrogen-bond donors (Lipinski definition) is 1. The molecule has 2 amide bonds. The molecule has 2 aromatic rings. The van der Waals surface area contributed by atoms with Crippen LogP contribution in [0.3, 0.4) is 0 Å². The Balaban J connectivity index is 1.72. The van der Waals surface area contributed by atoms with E-state index in [0.29, 0.717) is 18.7 Å². The first-order valence-corrected chi connectivity index (χ1v) is 12.1. The second-order valence-corrected chi connectivity index (χ2v) is 10.1. The molecule has 1 aliphatic heterocycles. The lowest BCUT2D eigenvalue weighted by Crippen LogP contribution is -2.32. The Bertz CT molecular complexity index is 1010. The Kier molecular flexibility index (Phi) is 6.64. The van der Waals surface area contributed by atoms with Gasteiger partial charge in [0.15, 0.2) is 9.84 Å². The zero-order valence-corrected chi connectivity index (χ0v) is 18.1. The van der Waals surface area contributed by atoms with Crippen LogP contribution in [0.2, 0.25) is 0 Å². The van der Waals surface area contributed by atoms with E-state index in [9.17, 15) is 18.0 Å². The Morgan fingerprint density at radius 2 is 1.86 bits per heavy atom. The van der Waals surface area contributed by atoms with Crippen molar-refractivity contribution in [2.24, 2.45) is 0 Å². The van der Waals surface area contributed by atoms with E-state index in [-0.39, 0.29) is 34.1 Å². The number of carbonyl (C=O) groups is 2. The van der Waals surface area contributed by atoms with Crippen molar-refractivity contribution in [2.45, 2.75) is 41.7 Å². The summed E-state index contributed by atoms with van der Waals surface area (Å²) in [6, 6.07) is 13.9. The highest BCUT2D eigenvalue weighted by Crippen LogP contribution is 2.38. The van der Waals surface area contributed by atoms with Crippen molar-refractivity contribution in [2.75, 3.05) is 22.5 Å². The molecular formula is C21H24N2O4S2. The molecule has 29 heavy (non-hydrogen) atoms. The third kappa shape index (κ3) is 4.82. The number of amides is 2. The van der Waals surface area contributed by atoms with Crippen LogP contribution in [0.25, 0.3) is 0 Å². The molecule has 154 valence electrons. The fraction of sp³-hybridized carbons (Fsp3) is 0.333. The molecule has 0 saturated carbocycles. The Morgan fingerprint density at radius 1 is 1.14 bits per heavy atom. The van der Waals surface area contributed by atoms with Gasteiger partial charge in [0.1, 0.15) is 0 Å². The molecule has 0 aliphatic carbocycles. The van der Waals surface area contributed by atoms with Gasteiger partial charge in [-0.3, -0.25) is 9.59 Å². The van der Waals surface area contributed by atoms with E-state index in [4.69, 9.17) is 0 Å². The monoisotopic (exact) mass is 432 g/mol. The molecule has 3 rings (SSSR count). The molecule has 1 N–H and O–H groups in total. The second kappa shape index (κ2) is 9.00. The van der Waals surface area contributed by atoms with E-state index >= 15 is 0 Å². The van der Waals surface area contributed by atoms with Gasteiger partial charge in [-0.1, -0.05) is 25.1 Å². The van der Waals surface area contributed by atoms with Crippen LogP contribution in [-0.2, 0) is 19.4 Å². The fourth-order valence-corrected chi connectivity index (χ4v) is 5.45. The Morgan fingerprint density at radius 3 is 2.52 bits per heavy atom. The van der Waals surface area contributed by atoms with Crippen molar-refractivity contribution in [3.05, 3.63) is 48.5 Å². The van der Waals surface area contributed by atoms with Crippen LogP contribution in [0.15, 0.2) is 58.3 Å². The number of carbonyl (C=O) groups excluding carboxylic acids is 2. The third-order valence-electron chi connectivity index (χ3n) is 4.77. The van der Waals surface area contributed by atoms with E-state index in [1.54, 1.807) is 17.0 Å². The second-order valence-electron chi connectivity index (χ2n) is 6.70. The number of benzene rings is 2. The van der Waals surface area contributed by atoms with E-state index in [2.05, 4.69) is 5.32 Å². The molecule has 1 atom stereocenters. The first-order chi connectivity index (χ1) is 13.9. The number of hydrogen-bond acceptors (Lipinski definition) is 5. The first kappa shape index (κ1) is 21.4. The molecule has 8 heteroatoms. The van der Waals surface area contributed by atoms with Gasteiger partial charge in [-0.2, -0.15) is 0 Å². The van der Waals surface area contributed by atoms with Crippen molar-refractivity contribution < 1.29 is 18.0 Å². The summed E-state index contributed by atoms with van der Waals surface area (Å²) in [5.41, 5.74) is 1.26. The predicted octanol–water partition coefficient (Wildman–Crippen LogP) is 3.73. The van der Waals surface area contributed by atoms with Gasteiger partial charge in [0.2, 0.25) is 11.8 Å². The van der Waals surface area contributed by atoms with Gasteiger partial charge in [-0.05, 0) is 43.7 Å². The van der Waals surface area contributed by atoms with Crippen molar-refractivity contribution in [1.29, 1.82) is 0 Å². The molecule has 2 aromatic carbocycles. The van der Waals surface area contributed by atoms with Gasteiger partial charge >= 0.3 is 0 Å². The highest BCUT2D eigenvalue weighted by atomic mass is 32.2. The summed E-state index contributed by atoms with van der Waals surface area (Å²) in [6.07, 6.45) is 0.592. The van der Waals surface area contributed by atoms with Gasteiger partial charge in [0, 0.05) is 23.5 Å². The van der Waals surface area contributed by atoms with Crippen LogP contribution in [-0.4, -0.2) is 37.8 Å². The van der Waals surface area contributed by atoms with Crippen LogP contribution < -0.4 is 10.2 Å². The largest absolute Gasteiger partial charge is 0.324 e. The minimum absolute atomic E-state index is 0.110. The minimum atomic E-state index is -3.66. The van der Waals surface area contributed by atoms with Gasteiger partial charge in [0.05, 0.1) is 21.6 Å². The summed E-state index contributed by atoms with van der Waals surface area (Å²) in [6.45, 7) is 4.25. The summed E-state index contributed by atoms with van der Waals surface area (Å²) in [5, 5.41) is 2.62. The van der Waals surface area contributed by atoms with E-state index in [0.717, 1.165) is 10.6 Å². The number of nitrogens with one attached hydrogen (secondary N) is 1. The quantitative estimate of drug-likeness (QED) is 0.721. The number of fused-ring (bicyclic) bond motifs is 1. The lowest BCUT2D eigenvalue weighted by Gasteiger charge is -2.23. The maximum absolute atomic E-state index is 12.8. The van der Waals surface area contributed by atoms with Crippen LogP contribution in [0.4, 0.5) is 11.4 Å². The van der Waals surface area contributed by atoms with Crippen molar-refractivity contribution in [1.82, 2.24) is 0 Å². The molecule has 0 saturated heterocycles. The number of para-hydroxylation sites is 1. The number of rotatable bonds is 7. The average Bonchev–Trinajstić information content (AvgIpc) is 2.72. The van der Waals surface area contributed by atoms with E-state index < -0.39 is 9.84 Å². The first-order valence-electron chi connectivity index (χ1n) is 9.55. The molecule has 0 aromatic heterocycles. The maximum Gasteiger partial charge on any atom is 0.237 e. The van der Waals surface area contributed by atoms with Gasteiger partial charge < -0.3 is 10.2 Å². The van der Waals surface area contributed by atoms with Gasteiger partial charge in [0.25, 0.3) is 0 Å². The van der Waals surface area contributed by atoms with Crippen LogP contribution in [0, 0.1) is 0 Å². The molecule has 0 spiro atoms. The molecule has 1 unspecified atom stereocenters. The zero-order chi connectivity index (χ0) is 21.0. The number of nitrogens with zero attached hydrogens (tertiary/aromatic N) is 1. The predicted molar refractivity (Wildman–Crippen MR) is 116 cm³/mol. The SMILES string of the molecule is CCC1Sc2ccc(S(=O)(=O)CCC(=O)N(CC)c3ccccc3)cc2NC1=O. The molecule has 0 fully saturated rings. The maximum atomic E-state index is 12.8. The van der Waals surface area contributed by atoms with E-state index in [1.807, 2.05) is 44.2 Å². The average molecular weight is 433 g/mol. The molecule has 1 heterocycles. The van der Waals surface area contributed by atoms with Gasteiger partial charge in [-0.25, -0.2) is 8.42 Å². The summed E-state index contributed by atoms with van der Waals surface area (Å²) in [4.78, 5) is 27.2. The fourth-order valence-electron chi connectivity index (χ4n) is 3.18. The topological polar surface area (TPSA) is 83.6 Å². The van der Waals surface area contributed by atoms with Gasteiger partial charge in [-0.15, -0.1) is 11.8 Å². The highest BCUT2D eigenvalue weighted by molar-refractivity contribution is 8.01. The minimum Gasteiger partial charge on any atom is -0.324 e.